The molecule has 82 valence electrons. The lowest BCUT2D eigenvalue weighted by Crippen LogP contribution is -2.20. The Labute approximate surface area is 88.5 Å². The molecular weight excluding hydrogens is 216 g/mol. The third-order valence-corrected chi connectivity index (χ3v) is 3.36. The summed E-state index contributed by atoms with van der Waals surface area (Å²) in [5.74, 6) is 0. The van der Waals surface area contributed by atoms with Gasteiger partial charge in [-0.2, -0.15) is 8.42 Å². The van der Waals surface area contributed by atoms with E-state index in [-0.39, 0.29) is 4.90 Å². The maximum Gasteiger partial charge on any atom is 0.298 e. The van der Waals surface area contributed by atoms with Gasteiger partial charge in [0.1, 0.15) is 4.90 Å². The Balaban J connectivity index is 2.46. The summed E-state index contributed by atoms with van der Waals surface area (Å²) in [4.78, 5) is 5.56. The van der Waals surface area contributed by atoms with Gasteiger partial charge in [-0.3, -0.25) is 9.54 Å². The van der Waals surface area contributed by atoms with Gasteiger partial charge in [0.2, 0.25) is 0 Å². The summed E-state index contributed by atoms with van der Waals surface area (Å²) in [7, 11) is -4.18. The number of pyridine rings is 1. The van der Waals surface area contributed by atoms with Crippen LogP contribution in [0.4, 0.5) is 5.69 Å². The number of rotatable bonds is 2. The third-order valence-electron chi connectivity index (χ3n) is 2.49. The summed E-state index contributed by atoms with van der Waals surface area (Å²) in [6.07, 6.45) is 4.81. The molecule has 0 unspecified atom stereocenters. The lowest BCUT2D eigenvalue weighted by molar-refractivity contribution is 0.482. The molecule has 5 nitrogen and oxygen atoms in total. The molecule has 1 aromatic heterocycles. The summed E-state index contributed by atoms with van der Waals surface area (Å²) in [6, 6.07) is 1.62. The Morgan fingerprint density at radius 2 is 2.00 bits per heavy atom. The molecule has 0 spiro atoms. The molecule has 6 heteroatoms. The van der Waals surface area contributed by atoms with Crippen molar-refractivity contribution in [3.05, 3.63) is 18.5 Å². The maximum absolute atomic E-state index is 11.1. The Morgan fingerprint density at radius 3 is 2.60 bits per heavy atom. The minimum Gasteiger partial charge on any atom is -0.370 e. The Morgan fingerprint density at radius 1 is 1.33 bits per heavy atom. The molecule has 1 saturated heterocycles. The molecule has 0 radical (unpaired) electrons. The molecular formula is C9H12N2O3S. The van der Waals surface area contributed by atoms with Crippen molar-refractivity contribution in [3.8, 4) is 0 Å². The largest absolute Gasteiger partial charge is 0.370 e. The number of hydrogen-bond donors (Lipinski definition) is 1. The van der Waals surface area contributed by atoms with E-state index in [2.05, 4.69) is 4.98 Å². The quantitative estimate of drug-likeness (QED) is 0.762. The van der Waals surface area contributed by atoms with E-state index in [9.17, 15) is 8.42 Å². The number of aromatic nitrogens is 1. The van der Waals surface area contributed by atoms with Gasteiger partial charge in [-0.25, -0.2) is 0 Å². The third kappa shape index (κ3) is 2.10. The molecule has 0 saturated carbocycles. The van der Waals surface area contributed by atoms with Crippen LogP contribution in [0.2, 0.25) is 0 Å². The Bertz CT molecular complexity index is 452. The van der Waals surface area contributed by atoms with Crippen LogP contribution in [0.5, 0.6) is 0 Å². The van der Waals surface area contributed by atoms with E-state index in [1.165, 1.54) is 12.4 Å². The summed E-state index contributed by atoms with van der Waals surface area (Å²) >= 11 is 0. The van der Waals surface area contributed by atoms with E-state index < -0.39 is 10.1 Å². The molecule has 0 amide bonds. The van der Waals surface area contributed by atoms with E-state index in [0.717, 1.165) is 25.9 Å². The fourth-order valence-corrected chi connectivity index (χ4v) is 2.45. The van der Waals surface area contributed by atoms with Gasteiger partial charge in [0.25, 0.3) is 10.1 Å². The van der Waals surface area contributed by atoms with Crippen molar-refractivity contribution in [2.45, 2.75) is 17.7 Å². The molecule has 1 aliphatic rings. The van der Waals surface area contributed by atoms with E-state index >= 15 is 0 Å². The highest BCUT2D eigenvalue weighted by Gasteiger charge is 2.21. The predicted molar refractivity (Wildman–Crippen MR) is 55.5 cm³/mol. The first kappa shape index (κ1) is 10.4. The summed E-state index contributed by atoms with van der Waals surface area (Å²) in [5.41, 5.74) is 0.546. The van der Waals surface area contributed by atoms with Crippen LogP contribution in [0.25, 0.3) is 0 Å². The molecule has 0 aliphatic carbocycles. The van der Waals surface area contributed by atoms with Crippen molar-refractivity contribution in [1.29, 1.82) is 0 Å². The van der Waals surface area contributed by atoms with Gasteiger partial charge in [0, 0.05) is 19.3 Å². The van der Waals surface area contributed by atoms with Gasteiger partial charge in [-0.05, 0) is 18.9 Å². The van der Waals surface area contributed by atoms with Gasteiger partial charge in [0.05, 0.1) is 11.9 Å². The average molecular weight is 228 g/mol. The van der Waals surface area contributed by atoms with Gasteiger partial charge in [-0.15, -0.1) is 0 Å². The first-order valence-electron chi connectivity index (χ1n) is 4.75. The first-order chi connectivity index (χ1) is 7.09. The summed E-state index contributed by atoms with van der Waals surface area (Å²) in [6.45, 7) is 1.65. The number of anilines is 1. The highest BCUT2D eigenvalue weighted by atomic mass is 32.2. The van der Waals surface area contributed by atoms with Crippen LogP contribution in [0, 0.1) is 0 Å². The van der Waals surface area contributed by atoms with Gasteiger partial charge >= 0.3 is 0 Å². The second-order valence-corrected chi connectivity index (χ2v) is 4.90. The van der Waals surface area contributed by atoms with Crippen LogP contribution in [0.3, 0.4) is 0 Å². The van der Waals surface area contributed by atoms with Crippen molar-refractivity contribution in [1.82, 2.24) is 4.98 Å². The zero-order valence-corrected chi connectivity index (χ0v) is 8.94. The zero-order valence-electron chi connectivity index (χ0n) is 8.13. The second kappa shape index (κ2) is 3.79. The fraction of sp³-hybridized carbons (Fsp3) is 0.444. The van der Waals surface area contributed by atoms with E-state index in [4.69, 9.17) is 4.55 Å². The highest BCUT2D eigenvalue weighted by Crippen LogP contribution is 2.26. The maximum atomic E-state index is 11.1. The lowest BCUT2D eigenvalue weighted by atomic mass is 10.4. The monoisotopic (exact) mass is 228 g/mol. The van der Waals surface area contributed by atoms with Crippen molar-refractivity contribution < 1.29 is 13.0 Å². The van der Waals surface area contributed by atoms with Gasteiger partial charge < -0.3 is 4.90 Å². The van der Waals surface area contributed by atoms with Crippen LogP contribution in [0.1, 0.15) is 12.8 Å². The molecule has 1 fully saturated rings. The average Bonchev–Trinajstić information content (AvgIpc) is 2.69. The molecule has 1 N–H and O–H groups in total. The molecule has 0 aromatic carbocycles. The van der Waals surface area contributed by atoms with Crippen LogP contribution in [-0.4, -0.2) is 31.0 Å². The lowest BCUT2D eigenvalue weighted by Gasteiger charge is -2.19. The summed E-state index contributed by atoms with van der Waals surface area (Å²) in [5, 5.41) is 0. The molecule has 1 aromatic rings. The first-order valence-corrected chi connectivity index (χ1v) is 6.19. The molecule has 2 rings (SSSR count). The van der Waals surface area contributed by atoms with Crippen molar-refractivity contribution in [2.75, 3.05) is 18.0 Å². The fourth-order valence-electron chi connectivity index (χ4n) is 1.79. The topological polar surface area (TPSA) is 70.5 Å². The van der Waals surface area contributed by atoms with Crippen molar-refractivity contribution in [3.63, 3.8) is 0 Å². The second-order valence-electron chi connectivity index (χ2n) is 3.51. The minimum absolute atomic E-state index is 0.105. The van der Waals surface area contributed by atoms with E-state index in [0.29, 0.717) is 5.69 Å². The van der Waals surface area contributed by atoms with Crippen molar-refractivity contribution in [2.24, 2.45) is 0 Å². The highest BCUT2D eigenvalue weighted by molar-refractivity contribution is 7.86. The number of hydrogen-bond acceptors (Lipinski definition) is 4. The van der Waals surface area contributed by atoms with Gasteiger partial charge in [0.15, 0.2) is 0 Å². The molecule has 15 heavy (non-hydrogen) atoms. The van der Waals surface area contributed by atoms with Crippen LogP contribution in [-0.2, 0) is 10.1 Å². The molecule has 0 atom stereocenters. The van der Waals surface area contributed by atoms with Crippen LogP contribution >= 0.6 is 0 Å². The standard InChI is InChI=1S/C9H12N2O3S/c12-15(13,14)9-7-10-4-3-8(9)11-5-1-2-6-11/h3-4,7H,1-2,5-6H2,(H,12,13,14). The zero-order chi connectivity index (χ0) is 10.9. The Hall–Kier alpha value is -1.14. The molecule has 0 bridgehead atoms. The van der Waals surface area contributed by atoms with Gasteiger partial charge in [-0.1, -0.05) is 0 Å². The number of nitrogens with zero attached hydrogens (tertiary/aromatic N) is 2. The smallest absolute Gasteiger partial charge is 0.298 e. The SMILES string of the molecule is O=S(=O)(O)c1cnccc1N1CCCC1. The Kier molecular flexibility index (Phi) is 2.62. The molecule has 1 aliphatic heterocycles. The predicted octanol–water partition coefficient (Wildman–Crippen LogP) is 0.929. The van der Waals surface area contributed by atoms with Crippen LogP contribution < -0.4 is 4.90 Å². The van der Waals surface area contributed by atoms with Crippen LogP contribution in [0.15, 0.2) is 23.4 Å². The van der Waals surface area contributed by atoms with Crippen molar-refractivity contribution >= 4 is 15.8 Å². The minimum atomic E-state index is -4.18. The van der Waals surface area contributed by atoms with E-state index in [1.54, 1.807) is 6.07 Å². The summed E-state index contributed by atoms with van der Waals surface area (Å²) < 4.78 is 31.2. The van der Waals surface area contributed by atoms with E-state index in [1.807, 2.05) is 4.90 Å². The normalized spacial score (nSPS) is 17.0. The molecule has 2 heterocycles.